The Morgan fingerprint density at radius 2 is 2.00 bits per heavy atom. The van der Waals surface area contributed by atoms with Gasteiger partial charge in [-0.1, -0.05) is 6.07 Å². The molecule has 0 fully saturated rings. The molecule has 0 aliphatic rings. The smallest absolute Gasteiger partial charge is 0.278 e. The van der Waals surface area contributed by atoms with Crippen LogP contribution in [0.4, 0.5) is 14.5 Å². The zero-order chi connectivity index (χ0) is 11.6. The lowest BCUT2D eigenvalue weighted by molar-refractivity contribution is 0.236. The third-order valence-electron chi connectivity index (χ3n) is 1.61. The Balaban J connectivity index is 3.01. The van der Waals surface area contributed by atoms with Crippen LogP contribution in [0.15, 0.2) is 22.7 Å². The fourth-order valence-electron chi connectivity index (χ4n) is 0.901. The molecule has 0 saturated carbocycles. The zero-order valence-corrected chi connectivity index (χ0v) is 10.1. The lowest BCUT2D eigenvalue weighted by atomic mass is 10.2. The molecule has 3 nitrogen and oxygen atoms in total. The molecule has 15 heavy (non-hydrogen) atoms. The minimum absolute atomic E-state index is 0.0981. The van der Waals surface area contributed by atoms with Crippen LogP contribution in [0.3, 0.4) is 0 Å². The van der Waals surface area contributed by atoms with Crippen molar-refractivity contribution in [2.45, 2.75) is 12.7 Å². The number of benzene rings is 1. The van der Waals surface area contributed by atoms with Gasteiger partial charge in [0.05, 0.1) is 5.69 Å². The topological polar surface area (TPSA) is 46.2 Å². The van der Waals surface area contributed by atoms with Crippen LogP contribution < -0.4 is 4.72 Å². The Labute approximate surface area is 94.7 Å². The SMILES string of the molecule is Cc1ccc(NS(=O)(=O)C(F)F)c(Br)c1. The minimum Gasteiger partial charge on any atom is -0.278 e. The van der Waals surface area contributed by atoms with Gasteiger partial charge in [0.1, 0.15) is 0 Å². The average molecular weight is 300 g/mol. The molecule has 0 spiro atoms. The molecule has 0 saturated heterocycles. The first-order valence-electron chi connectivity index (χ1n) is 3.89. The molecule has 0 unspecified atom stereocenters. The van der Waals surface area contributed by atoms with E-state index in [1.54, 1.807) is 23.8 Å². The molecule has 0 bridgehead atoms. The van der Waals surface area contributed by atoms with E-state index in [1.165, 1.54) is 6.07 Å². The van der Waals surface area contributed by atoms with Crippen molar-refractivity contribution in [2.75, 3.05) is 4.72 Å². The van der Waals surface area contributed by atoms with Crippen molar-refractivity contribution in [2.24, 2.45) is 0 Å². The highest BCUT2D eigenvalue weighted by Gasteiger charge is 2.24. The summed E-state index contributed by atoms with van der Waals surface area (Å²) in [6.07, 6.45) is 0. The molecule has 0 aliphatic carbocycles. The summed E-state index contributed by atoms with van der Waals surface area (Å²) in [6.45, 7) is 1.80. The van der Waals surface area contributed by atoms with Crippen molar-refractivity contribution < 1.29 is 17.2 Å². The molecule has 84 valence electrons. The molecule has 0 amide bonds. The molecule has 0 aromatic heterocycles. The fourth-order valence-corrected chi connectivity index (χ4v) is 2.20. The van der Waals surface area contributed by atoms with Crippen molar-refractivity contribution in [1.29, 1.82) is 0 Å². The number of anilines is 1. The summed E-state index contributed by atoms with van der Waals surface area (Å²) < 4.78 is 48.0. The van der Waals surface area contributed by atoms with Crippen molar-refractivity contribution >= 4 is 31.6 Å². The van der Waals surface area contributed by atoms with Crippen LogP contribution in [-0.4, -0.2) is 14.2 Å². The molecule has 7 heteroatoms. The standard InChI is InChI=1S/C8H8BrF2NO2S/c1-5-2-3-7(6(9)4-5)12-15(13,14)8(10)11/h2-4,8,12H,1H3. The Kier molecular flexibility index (Phi) is 3.67. The summed E-state index contributed by atoms with van der Waals surface area (Å²) in [7, 11) is -4.60. The molecule has 0 heterocycles. The third-order valence-corrected chi connectivity index (χ3v) is 3.24. The second-order valence-electron chi connectivity index (χ2n) is 2.89. The molecule has 1 rings (SSSR count). The van der Waals surface area contributed by atoms with Gasteiger partial charge in [0, 0.05) is 4.47 Å². The number of sulfonamides is 1. The second kappa shape index (κ2) is 4.44. The Morgan fingerprint density at radius 1 is 1.40 bits per heavy atom. The molecular formula is C8H8BrF2NO2S. The van der Waals surface area contributed by atoms with E-state index in [0.717, 1.165) is 5.56 Å². The van der Waals surface area contributed by atoms with Gasteiger partial charge in [0.2, 0.25) is 0 Å². The van der Waals surface area contributed by atoms with Gasteiger partial charge in [-0.15, -0.1) is 0 Å². The highest BCUT2D eigenvalue weighted by Crippen LogP contribution is 2.25. The van der Waals surface area contributed by atoms with Crippen LogP contribution in [0, 0.1) is 6.92 Å². The molecule has 1 aromatic carbocycles. The minimum atomic E-state index is -4.60. The number of hydrogen-bond acceptors (Lipinski definition) is 2. The van der Waals surface area contributed by atoms with E-state index in [1.807, 2.05) is 0 Å². The summed E-state index contributed by atoms with van der Waals surface area (Å²) in [4.78, 5) is 0. The molecule has 0 radical (unpaired) electrons. The molecule has 1 aromatic rings. The second-order valence-corrected chi connectivity index (χ2v) is 5.40. The van der Waals surface area contributed by atoms with Gasteiger partial charge in [0.15, 0.2) is 0 Å². The molecule has 0 aliphatic heterocycles. The number of halogens is 3. The van der Waals surface area contributed by atoms with E-state index in [9.17, 15) is 17.2 Å². The molecule has 1 N–H and O–H groups in total. The van der Waals surface area contributed by atoms with E-state index >= 15 is 0 Å². The fraction of sp³-hybridized carbons (Fsp3) is 0.250. The highest BCUT2D eigenvalue weighted by molar-refractivity contribution is 9.10. The third kappa shape index (κ3) is 3.13. The van der Waals surface area contributed by atoms with Crippen LogP contribution >= 0.6 is 15.9 Å². The summed E-state index contributed by atoms with van der Waals surface area (Å²) in [5.74, 6) is -3.44. The maximum Gasteiger partial charge on any atom is 0.355 e. The number of aryl methyl sites for hydroxylation is 1. The van der Waals surface area contributed by atoms with E-state index in [-0.39, 0.29) is 5.69 Å². The van der Waals surface area contributed by atoms with Crippen LogP contribution in [0.2, 0.25) is 0 Å². The van der Waals surface area contributed by atoms with Gasteiger partial charge in [-0.05, 0) is 40.5 Å². The van der Waals surface area contributed by atoms with E-state index in [0.29, 0.717) is 4.47 Å². The summed E-state index contributed by atoms with van der Waals surface area (Å²) >= 11 is 3.08. The number of nitrogens with one attached hydrogen (secondary N) is 1. The number of rotatable bonds is 3. The van der Waals surface area contributed by atoms with Gasteiger partial charge in [-0.25, -0.2) is 8.42 Å². The first kappa shape index (κ1) is 12.4. The summed E-state index contributed by atoms with van der Waals surface area (Å²) in [5, 5.41) is 0. The normalized spacial score (nSPS) is 11.8. The van der Waals surface area contributed by atoms with Crippen LogP contribution in [0.1, 0.15) is 5.56 Å². The maximum atomic E-state index is 12.0. The Hall–Kier alpha value is -0.690. The maximum absolute atomic E-state index is 12.0. The predicted octanol–water partition coefficient (Wildman–Crippen LogP) is 2.72. The van der Waals surface area contributed by atoms with Crippen molar-refractivity contribution in [3.05, 3.63) is 28.2 Å². The van der Waals surface area contributed by atoms with Crippen LogP contribution in [0.25, 0.3) is 0 Å². The average Bonchev–Trinajstić information content (AvgIpc) is 2.09. The van der Waals surface area contributed by atoms with Gasteiger partial charge >= 0.3 is 5.76 Å². The number of hydrogen-bond donors (Lipinski definition) is 1. The van der Waals surface area contributed by atoms with Crippen molar-refractivity contribution in [1.82, 2.24) is 0 Å². The van der Waals surface area contributed by atoms with Gasteiger partial charge in [0.25, 0.3) is 10.0 Å². The van der Waals surface area contributed by atoms with Gasteiger partial charge < -0.3 is 0 Å². The van der Waals surface area contributed by atoms with E-state index in [2.05, 4.69) is 15.9 Å². The van der Waals surface area contributed by atoms with Gasteiger partial charge in [-0.2, -0.15) is 8.78 Å². The van der Waals surface area contributed by atoms with Gasteiger partial charge in [-0.3, -0.25) is 4.72 Å². The monoisotopic (exact) mass is 299 g/mol. The summed E-state index contributed by atoms with van der Waals surface area (Å²) in [5.41, 5.74) is 0.989. The first-order valence-corrected chi connectivity index (χ1v) is 6.23. The quantitative estimate of drug-likeness (QED) is 0.933. The van der Waals surface area contributed by atoms with E-state index in [4.69, 9.17) is 0 Å². The van der Waals surface area contributed by atoms with E-state index < -0.39 is 15.8 Å². The van der Waals surface area contributed by atoms with Crippen molar-refractivity contribution in [3.63, 3.8) is 0 Å². The van der Waals surface area contributed by atoms with Crippen LogP contribution in [-0.2, 0) is 10.0 Å². The first-order chi connectivity index (χ1) is 6.83. The number of alkyl halides is 2. The molecular weight excluding hydrogens is 292 g/mol. The lowest BCUT2D eigenvalue weighted by Gasteiger charge is -2.09. The molecule has 0 atom stereocenters. The van der Waals surface area contributed by atoms with Crippen molar-refractivity contribution in [3.8, 4) is 0 Å². The predicted molar refractivity (Wildman–Crippen MR) is 57.4 cm³/mol. The Morgan fingerprint density at radius 3 is 2.47 bits per heavy atom. The zero-order valence-electron chi connectivity index (χ0n) is 7.67. The lowest BCUT2D eigenvalue weighted by Crippen LogP contribution is -2.20. The summed E-state index contributed by atoms with van der Waals surface area (Å²) in [6, 6.07) is 4.66. The van der Waals surface area contributed by atoms with Crippen LogP contribution in [0.5, 0.6) is 0 Å². The highest BCUT2D eigenvalue weighted by atomic mass is 79.9. The largest absolute Gasteiger partial charge is 0.355 e. The Bertz CT molecular complexity index is 462.